The summed E-state index contributed by atoms with van der Waals surface area (Å²) in [5.74, 6) is 0.763. The maximum Gasteiger partial charge on any atom is 0.416 e. The molecule has 1 fully saturated rings. The molecule has 1 aliphatic carbocycles. The van der Waals surface area contributed by atoms with Crippen molar-refractivity contribution >= 4 is 5.69 Å². The van der Waals surface area contributed by atoms with Crippen LogP contribution in [0.4, 0.5) is 18.9 Å². The zero-order valence-electron chi connectivity index (χ0n) is 11.1. The van der Waals surface area contributed by atoms with Crippen molar-refractivity contribution in [1.82, 2.24) is 0 Å². The highest BCUT2D eigenvalue weighted by atomic mass is 19.4. The molecule has 2 rings (SSSR count). The van der Waals surface area contributed by atoms with Gasteiger partial charge in [-0.1, -0.05) is 19.8 Å². The van der Waals surface area contributed by atoms with E-state index in [4.69, 9.17) is 0 Å². The van der Waals surface area contributed by atoms with Crippen LogP contribution >= 0.6 is 0 Å². The molecule has 1 N–H and O–H groups in total. The SMILES string of the molecule is CC1CCCC(Nc2ccc(C(F)(F)F)cc2)CC1. The molecule has 2 atom stereocenters. The average Bonchev–Trinajstić information content (AvgIpc) is 2.54. The van der Waals surface area contributed by atoms with Crippen LogP contribution in [0.3, 0.4) is 0 Å². The van der Waals surface area contributed by atoms with Gasteiger partial charge in [0.25, 0.3) is 0 Å². The molecule has 19 heavy (non-hydrogen) atoms. The predicted octanol–water partition coefficient (Wildman–Crippen LogP) is 5.09. The third-order valence-corrected chi connectivity index (χ3v) is 3.84. The van der Waals surface area contributed by atoms with E-state index in [-0.39, 0.29) is 0 Å². The molecule has 1 aliphatic rings. The smallest absolute Gasteiger partial charge is 0.382 e. The second-order valence-electron chi connectivity index (χ2n) is 5.53. The van der Waals surface area contributed by atoms with Gasteiger partial charge in [0.05, 0.1) is 5.56 Å². The molecule has 1 aromatic carbocycles. The third kappa shape index (κ3) is 4.15. The van der Waals surface area contributed by atoms with Gasteiger partial charge in [-0.2, -0.15) is 13.2 Å². The summed E-state index contributed by atoms with van der Waals surface area (Å²) in [4.78, 5) is 0. The van der Waals surface area contributed by atoms with Gasteiger partial charge in [-0.15, -0.1) is 0 Å². The predicted molar refractivity (Wildman–Crippen MR) is 71.1 cm³/mol. The molecule has 0 saturated heterocycles. The van der Waals surface area contributed by atoms with E-state index in [2.05, 4.69) is 12.2 Å². The second-order valence-corrected chi connectivity index (χ2v) is 5.53. The van der Waals surface area contributed by atoms with Crippen LogP contribution in [0.2, 0.25) is 0 Å². The Morgan fingerprint density at radius 2 is 1.68 bits per heavy atom. The first kappa shape index (κ1) is 14.2. The summed E-state index contributed by atoms with van der Waals surface area (Å²) in [6, 6.07) is 5.72. The van der Waals surface area contributed by atoms with E-state index in [1.54, 1.807) is 0 Å². The summed E-state index contributed by atoms with van der Waals surface area (Å²) in [7, 11) is 0. The van der Waals surface area contributed by atoms with Gasteiger partial charge >= 0.3 is 6.18 Å². The van der Waals surface area contributed by atoms with E-state index >= 15 is 0 Å². The number of nitrogens with one attached hydrogen (secondary N) is 1. The number of alkyl halides is 3. The van der Waals surface area contributed by atoms with E-state index in [1.165, 1.54) is 31.4 Å². The number of hydrogen-bond donors (Lipinski definition) is 1. The van der Waals surface area contributed by atoms with E-state index in [1.807, 2.05) is 0 Å². The molecular weight excluding hydrogens is 251 g/mol. The van der Waals surface area contributed by atoms with Crippen molar-refractivity contribution in [3.63, 3.8) is 0 Å². The van der Waals surface area contributed by atoms with Crippen LogP contribution in [0.25, 0.3) is 0 Å². The summed E-state index contributed by atoms with van der Waals surface area (Å²) < 4.78 is 37.4. The zero-order valence-corrected chi connectivity index (χ0v) is 11.1. The van der Waals surface area contributed by atoms with Crippen LogP contribution in [0, 0.1) is 5.92 Å². The molecule has 0 bridgehead atoms. The van der Waals surface area contributed by atoms with E-state index in [0.29, 0.717) is 6.04 Å². The highest BCUT2D eigenvalue weighted by molar-refractivity contribution is 5.46. The second kappa shape index (κ2) is 5.85. The largest absolute Gasteiger partial charge is 0.416 e. The van der Waals surface area contributed by atoms with Crippen molar-refractivity contribution in [2.24, 2.45) is 5.92 Å². The topological polar surface area (TPSA) is 12.0 Å². The maximum absolute atomic E-state index is 12.5. The molecule has 0 radical (unpaired) electrons. The number of rotatable bonds is 2. The van der Waals surface area contributed by atoms with Crippen molar-refractivity contribution in [3.05, 3.63) is 29.8 Å². The molecule has 0 aromatic heterocycles. The Hall–Kier alpha value is -1.19. The molecule has 2 unspecified atom stereocenters. The normalized spacial score (nSPS) is 24.8. The average molecular weight is 271 g/mol. The molecule has 1 saturated carbocycles. The highest BCUT2D eigenvalue weighted by Gasteiger charge is 2.30. The summed E-state index contributed by atoms with van der Waals surface area (Å²) >= 11 is 0. The lowest BCUT2D eigenvalue weighted by Crippen LogP contribution is -2.18. The Morgan fingerprint density at radius 1 is 1.00 bits per heavy atom. The Balaban J connectivity index is 1.96. The molecule has 0 heterocycles. The van der Waals surface area contributed by atoms with Gasteiger partial charge < -0.3 is 5.32 Å². The van der Waals surface area contributed by atoms with Gasteiger partial charge in [0.2, 0.25) is 0 Å². The summed E-state index contributed by atoms with van der Waals surface area (Å²) in [6.07, 6.45) is 1.59. The minimum atomic E-state index is -4.25. The number of benzene rings is 1. The minimum absolute atomic E-state index is 0.390. The lowest BCUT2D eigenvalue weighted by molar-refractivity contribution is -0.137. The number of halogens is 3. The minimum Gasteiger partial charge on any atom is -0.382 e. The Kier molecular flexibility index (Phi) is 4.38. The number of anilines is 1. The van der Waals surface area contributed by atoms with E-state index in [0.717, 1.165) is 36.6 Å². The van der Waals surface area contributed by atoms with Crippen LogP contribution in [-0.4, -0.2) is 6.04 Å². The fraction of sp³-hybridized carbons (Fsp3) is 0.600. The quantitative estimate of drug-likeness (QED) is 0.739. The van der Waals surface area contributed by atoms with Crippen LogP contribution < -0.4 is 5.32 Å². The molecule has 0 aliphatic heterocycles. The van der Waals surface area contributed by atoms with Crippen LogP contribution in [-0.2, 0) is 6.18 Å². The first-order valence-electron chi connectivity index (χ1n) is 6.89. The molecule has 1 aromatic rings. The standard InChI is InChI=1S/C15H20F3N/c1-11-3-2-4-13(8-5-11)19-14-9-6-12(7-10-14)15(16,17)18/h6-7,9-11,13,19H,2-5,8H2,1H3. The van der Waals surface area contributed by atoms with Gasteiger partial charge in [-0.25, -0.2) is 0 Å². The van der Waals surface area contributed by atoms with Gasteiger partial charge in [0.1, 0.15) is 0 Å². The Labute approximate surface area is 112 Å². The van der Waals surface area contributed by atoms with Crippen LogP contribution in [0.5, 0.6) is 0 Å². The molecule has 1 nitrogen and oxygen atoms in total. The van der Waals surface area contributed by atoms with E-state index in [9.17, 15) is 13.2 Å². The summed E-state index contributed by atoms with van der Waals surface area (Å²) in [5, 5.41) is 3.35. The zero-order chi connectivity index (χ0) is 13.9. The van der Waals surface area contributed by atoms with Gasteiger partial charge in [-0.3, -0.25) is 0 Å². The fourth-order valence-corrected chi connectivity index (χ4v) is 2.62. The van der Waals surface area contributed by atoms with Crippen molar-refractivity contribution in [3.8, 4) is 0 Å². The Bertz CT molecular complexity index is 397. The fourth-order valence-electron chi connectivity index (χ4n) is 2.62. The molecule has 0 spiro atoms. The van der Waals surface area contributed by atoms with Gasteiger partial charge in [-0.05, 0) is 49.4 Å². The first-order valence-corrected chi connectivity index (χ1v) is 6.89. The first-order chi connectivity index (χ1) is 8.95. The molecular formula is C15H20F3N. The van der Waals surface area contributed by atoms with Crippen molar-refractivity contribution in [1.29, 1.82) is 0 Å². The lowest BCUT2D eigenvalue weighted by atomic mass is 10.0. The summed E-state index contributed by atoms with van der Waals surface area (Å²) in [6.45, 7) is 2.26. The molecule has 0 amide bonds. The molecule has 106 valence electrons. The maximum atomic E-state index is 12.5. The number of hydrogen-bond acceptors (Lipinski definition) is 1. The lowest BCUT2D eigenvalue weighted by Gasteiger charge is -2.18. The van der Waals surface area contributed by atoms with Crippen LogP contribution in [0.1, 0.15) is 44.6 Å². The van der Waals surface area contributed by atoms with Crippen LogP contribution in [0.15, 0.2) is 24.3 Å². The van der Waals surface area contributed by atoms with Gasteiger partial charge in [0.15, 0.2) is 0 Å². The van der Waals surface area contributed by atoms with Crippen molar-refractivity contribution < 1.29 is 13.2 Å². The van der Waals surface area contributed by atoms with Gasteiger partial charge in [0, 0.05) is 11.7 Å². The van der Waals surface area contributed by atoms with Crippen molar-refractivity contribution in [2.75, 3.05) is 5.32 Å². The molecule has 4 heteroatoms. The highest BCUT2D eigenvalue weighted by Crippen LogP contribution is 2.30. The van der Waals surface area contributed by atoms with E-state index < -0.39 is 11.7 Å². The van der Waals surface area contributed by atoms with Crippen molar-refractivity contribution in [2.45, 2.75) is 51.2 Å². The summed E-state index contributed by atoms with van der Waals surface area (Å²) in [5.41, 5.74) is 0.195. The Morgan fingerprint density at radius 3 is 2.32 bits per heavy atom. The third-order valence-electron chi connectivity index (χ3n) is 3.84. The monoisotopic (exact) mass is 271 g/mol.